The van der Waals surface area contributed by atoms with Gasteiger partial charge in [-0.1, -0.05) is 12.8 Å². The molecule has 2 aliphatic rings. The maximum atomic E-state index is 6.00. The Hall–Kier alpha value is 0.270. The summed E-state index contributed by atoms with van der Waals surface area (Å²) < 4.78 is 0. The molecule has 0 bridgehead atoms. The predicted molar refractivity (Wildman–Crippen MR) is 63.8 cm³/mol. The van der Waals surface area contributed by atoms with E-state index in [1.807, 2.05) is 0 Å². The maximum absolute atomic E-state index is 6.00. The van der Waals surface area contributed by atoms with Crippen LogP contribution in [0.1, 0.15) is 32.1 Å². The summed E-state index contributed by atoms with van der Waals surface area (Å²) in [6.45, 7) is 3.42. The van der Waals surface area contributed by atoms with Crippen molar-refractivity contribution in [3.8, 4) is 0 Å². The molecule has 14 heavy (non-hydrogen) atoms. The molecule has 2 rings (SSSR count). The van der Waals surface area contributed by atoms with E-state index in [2.05, 4.69) is 16.7 Å². The highest BCUT2D eigenvalue weighted by Gasteiger charge is 2.37. The van der Waals surface area contributed by atoms with Gasteiger partial charge in [-0.15, -0.1) is 0 Å². The molecule has 0 unspecified atom stereocenters. The summed E-state index contributed by atoms with van der Waals surface area (Å²) >= 11 is 2.10. The smallest absolute Gasteiger partial charge is 0.0332 e. The SMILES string of the molecule is NCC1(N2CCCSCC2)CCCC1. The molecular weight excluding hydrogens is 192 g/mol. The minimum atomic E-state index is 0.394. The van der Waals surface area contributed by atoms with E-state index in [4.69, 9.17) is 5.73 Å². The zero-order chi connectivity index (χ0) is 9.86. The third-order valence-electron chi connectivity index (χ3n) is 3.81. The van der Waals surface area contributed by atoms with E-state index in [0.29, 0.717) is 5.54 Å². The average molecular weight is 214 g/mol. The van der Waals surface area contributed by atoms with Crippen LogP contribution in [-0.4, -0.2) is 41.6 Å². The summed E-state index contributed by atoms with van der Waals surface area (Å²) in [6, 6.07) is 0. The van der Waals surface area contributed by atoms with Crippen LogP contribution < -0.4 is 5.73 Å². The van der Waals surface area contributed by atoms with E-state index in [0.717, 1.165) is 6.54 Å². The molecule has 0 spiro atoms. The molecule has 3 heteroatoms. The van der Waals surface area contributed by atoms with E-state index in [1.165, 1.54) is 56.7 Å². The molecule has 0 aromatic rings. The summed E-state index contributed by atoms with van der Waals surface area (Å²) in [4.78, 5) is 2.69. The number of hydrogen-bond donors (Lipinski definition) is 1. The topological polar surface area (TPSA) is 29.3 Å². The highest BCUT2D eigenvalue weighted by Crippen LogP contribution is 2.35. The molecule has 1 aliphatic heterocycles. The number of rotatable bonds is 2. The highest BCUT2D eigenvalue weighted by molar-refractivity contribution is 7.99. The van der Waals surface area contributed by atoms with E-state index in [9.17, 15) is 0 Å². The molecule has 0 atom stereocenters. The fourth-order valence-corrected chi connectivity index (χ4v) is 3.79. The molecule has 0 amide bonds. The van der Waals surface area contributed by atoms with Crippen LogP contribution in [0.25, 0.3) is 0 Å². The second-order valence-electron chi connectivity index (χ2n) is 4.59. The van der Waals surface area contributed by atoms with Gasteiger partial charge in [0, 0.05) is 24.4 Å². The normalized spacial score (nSPS) is 28.9. The van der Waals surface area contributed by atoms with Gasteiger partial charge in [-0.05, 0) is 31.6 Å². The lowest BCUT2D eigenvalue weighted by molar-refractivity contribution is 0.109. The Morgan fingerprint density at radius 3 is 2.57 bits per heavy atom. The first kappa shape index (κ1) is 10.8. The molecule has 1 saturated heterocycles. The van der Waals surface area contributed by atoms with Crippen LogP contribution in [0.4, 0.5) is 0 Å². The van der Waals surface area contributed by atoms with Crippen LogP contribution in [0.2, 0.25) is 0 Å². The van der Waals surface area contributed by atoms with E-state index >= 15 is 0 Å². The molecule has 82 valence electrons. The van der Waals surface area contributed by atoms with Gasteiger partial charge in [-0.2, -0.15) is 11.8 Å². The molecule has 2 fully saturated rings. The van der Waals surface area contributed by atoms with Crippen molar-refractivity contribution in [1.29, 1.82) is 0 Å². The fourth-order valence-electron chi connectivity index (χ4n) is 2.90. The summed E-state index contributed by atoms with van der Waals surface area (Å²) in [5.41, 5.74) is 6.40. The van der Waals surface area contributed by atoms with Gasteiger partial charge in [0.2, 0.25) is 0 Å². The van der Waals surface area contributed by atoms with E-state index in [-0.39, 0.29) is 0 Å². The maximum Gasteiger partial charge on any atom is 0.0332 e. The lowest BCUT2D eigenvalue weighted by Gasteiger charge is -2.40. The minimum absolute atomic E-state index is 0.394. The Kier molecular flexibility index (Phi) is 3.74. The summed E-state index contributed by atoms with van der Waals surface area (Å²) in [7, 11) is 0. The zero-order valence-electron chi connectivity index (χ0n) is 9.00. The summed E-state index contributed by atoms with van der Waals surface area (Å²) in [5.74, 6) is 2.65. The van der Waals surface area contributed by atoms with Gasteiger partial charge in [0.25, 0.3) is 0 Å². The first-order valence-electron chi connectivity index (χ1n) is 5.90. The Morgan fingerprint density at radius 1 is 1.07 bits per heavy atom. The minimum Gasteiger partial charge on any atom is -0.329 e. The molecule has 2 nitrogen and oxygen atoms in total. The van der Waals surface area contributed by atoms with Crippen molar-refractivity contribution < 1.29 is 0 Å². The molecule has 1 aliphatic carbocycles. The van der Waals surface area contributed by atoms with Gasteiger partial charge < -0.3 is 5.73 Å². The second-order valence-corrected chi connectivity index (χ2v) is 5.81. The number of nitrogens with two attached hydrogens (primary N) is 1. The fraction of sp³-hybridized carbons (Fsp3) is 1.00. The van der Waals surface area contributed by atoms with Crippen molar-refractivity contribution in [3.63, 3.8) is 0 Å². The standard InChI is InChI=1S/C11H22N2S/c12-10-11(4-1-2-5-11)13-6-3-8-14-9-7-13/h1-10,12H2. The average Bonchev–Trinajstić information content (AvgIpc) is 2.54. The van der Waals surface area contributed by atoms with Gasteiger partial charge >= 0.3 is 0 Å². The van der Waals surface area contributed by atoms with Gasteiger partial charge in [-0.3, -0.25) is 4.90 Å². The second kappa shape index (κ2) is 4.86. The van der Waals surface area contributed by atoms with Crippen LogP contribution in [0, 0.1) is 0 Å². The first-order valence-corrected chi connectivity index (χ1v) is 7.06. The van der Waals surface area contributed by atoms with Gasteiger partial charge in [-0.25, -0.2) is 0 Å². The zero-order valence-corrected chi connectivity index (χ0v) is 9.82. The van der Waals surface area contributed by atoms with E-state index in [1.54, 1.807) is 0 Å². The Labute approximate surface area is 91.6 Å². The van der Waals surface area contributed by atoms with Crippen LogP contribution in [0.5, 0.6) is 0 Å². The molecule has 0 aromatic carbocycles. The number of nitrogens with zero attached hydrogens (tertiary/aromatic N) is 1. The Bertz CT molecular complexity index is 170. The Balaban J connectivity index is 2.01. The first-order chi connectivity index (χ1) is 6.87. The quantitative estimate of drug-likeness (QED) is 0.758. The van der Waals surface area contributed by atoms with Crippen molar-refractivity contribution in [3.05, 3.63) is 0 Å². The van der Waals surface area contributed by atoms with Crippen molar-refractivity contribution >= 4 is 11.8 Å². The van der Waals surface area contributed by atoms with Crippen LogP contribution in [0.3, 0.4) is 0 Å². The highest BCUT2D eigenvalue weighted by atomic mass is 32.2. The summed E-state index contributed by atoms with van der Waals surface area (Å²) in [5, 5.41) is 0. The lowest BCUT2D eigenvalue weighted by Crippen LogP contribution is -2.52. The van der Waals surface area contributed by atoms with Crippen molar-refractivity contribution in [2.45, 2.75) is 37.6 Å². The molecule has 1 saturated carbocycles. The third kappa shape index (κ3) is 2.10. The van der Waals surface area contributed by atoms with Crippen molar-refractivity contribution in [2.75, 3.05) is 31.1 Å². The van der Waals surface area contributed by atoms with Crippen LogP contribution >= 0.6 is 11.8 Å². The van der Waals surface area contributed by atoms with Gasteiger partial charge in [0.15, 0.2) is 0 Å². The largest absolute Gasteiger partial charge is 0.329 e. The molecule has 0 radical (unpaired) electrons. The monoisotopic (exact) mass is 214 g/mol. The molecule has 0 aromatic heterocycles. The number of hydrogen-bond acceptors (Lipinski definition) is 3. The van der Waals surface area contributed by atoms with Crippen LogP contribution in [-0.2, 0) is 0 Å². The molecule has 1 heterocycles. The number of thioether (sulfide) groups is 1. The van der Waals surface area contributed by atoms with E-state index < -0.39 is 0 Å². The third-order valence-corrected chi connectivity index (χ3v) is 4.86. The molecule has 2 N–H and O–H groups in total. The van der Waals surface area contributed by atoms with Gasteiger partial charge in [0.1, 0.15) is 0 Å². The van der Waals surface area contributed by atoms with Crippen LogP contribution in [0.15, 0.2) is 0 Å². The Morgan fingerprint density at radius 2 is 1.86 bits per heavy atom. The van der Waals surface area contributed by atoms with Gasteiger partial charge in [0.05, 0.1) is 0 Å². The molecular formula is C11H22N2S. The van der Waals surface area contributed by atoms with Crippen molar-refractivity contribution in [2.24, 2.45) is 5.73 Å². The summed E-state index contributed by atoms with van der Waals surface area (Å²) in [6.07, 6.45) is 6.82. The predicted octanol–water partition coefficient (Wildman–Crippen LogP) is 1.70. The lowest BCUT2D eigenvalue weighted by atomic mass is 9.95. The van der Waals surface area contributed by atoms with Crippen molar-refractivity contribution in [1.82, 2.24) is 4.90 Å².